The molecule has 0 atom stereocenters. The molecule has 0 fully saturated rings. The molecular formula is C16H15N3O3. The van der Waals surface area contributed by atoms with E-state index in [9.17, 15) is 4.79 Å². The van der Waals surface area contributed by atoms with Gasteiger partial charge in [0, 0.05) is 6.20 Å². The third-order valence-electron chi connectivity index (χ3n) is 3.12. The third kappa shape index (κ3) is 3.06. The topological polar surface area (TPSA) is 70.2 Å². The number of hydrogen-bond acceptors (Lipinski definition) is 5. The summed E-state index contributed by atoms with van der Waals surface area (Å²) >= 11 is 0. The molecule has 3 aromatic rings. The highest BCUT2D eigenvalue weighted by Crippen LogP contribution is 2.12. The Kier molecular flexibility index (Phi) is 4.00. The second-order valence-electron chi connectivity index (χ2n) is 4.73. The van der Waals surface area contributed by atoms with Crippen molar-refractivity contribution in [3.8, 4) is 17.2 Å². The summed E-state index contributed by atoms with van der Waals surface area (Å²) in [6, 6.07) is 12.9. The standard InChI is InChI=1S/C16H15N3O3/c1-12-17-15(22-18-12)14-8-5-9-19(16(14)20)10-11-21-13-6-3-2-4-7-13/h2-9H,10-11H2,1H3. The number of para-hydroxylation sites is 1. The van der Waals surface area contributed by atoms with Crippen LogP contribution in [0.3, 0.4) is 0 Å². The van der Waals surface area contributed by atoms with Crippen LogP contribution < -0.4 is 10.3 Å². The van der Waals surface area contributed by atoms with Crippen LogP contribution in [0.2, 0.25) is 0 Å². The predicted octanol–water partition coefficient (Wildman–Crippen LogP) is 2.29. The van der Waals surface area contributed by atoms with E-state index >= 15 is 0 Å². The Balaban J connectivity index is 1.73. The number of rotatable bonds is 5. The van der Waals surface area contributed by atoms with Crippen molar-refractivity contribution in [3.63, 3.8) is 0 Å². The lowest BCUT2D eigenvalue weighted by Crippen LogP contribution is -2.23. The first-order valence-corrected chi connectivity index (χ1v) is 6.92. The zero-order valence-corrected chi connectivity index (χ0v) is 12.1. The lowest BCUT2D eigenvalue weighted by atomic mass is 10.2. The second-order valence-corrected chi connectivity index (χ2v) is 4.73. The van der Waals surface area contributed by atoms with Crippen molar-refractivity contribution >= 4 is 0 Å². The zero-order chi connectivity index (χ0) is 15.4. The van der Waals surface area contributed by atoms with Crippen LogP contribution in [-0.2, 0) is 6.54 Å². The number of benzene rings is 1. The van der Waals surface area contributed by atoms with E-state index in [4.69, 9.17) is 9.26 Å². The predicted molar refractivity (Wildman–Crippen MR) is 80.7 cm³/mol. The minimum atomic E-state index is -0.178. The Hall–Kier alpha value is -2.89. The molecule has 6 nitrogen and oxygen atoms in total. The number of aromatic nitrogens is 3. The molecule has 0 bridgehead atoms. The first-order valence-electron chi connectivity index (χ1n) is 6.92. The molecule has 0 aliphatic carbocycles. The van der Waals surface area contributed by atoms with Crippen LogP contribution in [0.4, 0.5) is 0 Å². The molecule has 0 N–H and O–H groups in total. The molecule has 22 heavy (non-hydrogen) atoms. The van der Waals surface area contributed by atoms with Crippen LogP contribution in [-0.4, -0.2) is 21.3 Å². The maximum absolute atomic E-state index is 12.4. The monoisotopic (exact) mass is 297 g/mol. The van der Waals surface area contributed by atoms with Crippen molar-refractivity contribution in [1.82, 2.24) is 14.7 Å². The summed E-state index contributed by atoms with van der Waals surface area (Å²) in [5.41, 5.74) is 0.214. The number of pyridine rings is 1. The molecule has 2 aromatic heterocycles. The van der Waals surface area contributed by atoms with E-state index in [-0.39, 0.29) is 11.4 Å². The highest BCUT2D eigenvalue weighted by molar-refractivity contribution is 5.50. The lowest BCUT2D eigenvalue weighted by Gasteiger charge is -2.08. The molecule has 0 saturated carbocycles. The van der Waals surface area contributed by atoms with Crippen molar-refractivity contribution in [2.45, 2.75) is 13.5 Å². The highest BCUT2D eigenvalue weighted by atomic mass is 16.5. The van der Waals surface area contributed by atoms with Gasteiger partial charge in [0.25, 0.3) is 11.4 Å². The first-order chi connectivity index (χ1) is 10.7. The lowest BCUT2D eigenvalue weighted by molar-refractivity contribution is 0.296. The molecule has 0 aliphatic rings. The van der Waals surface area contributed by atoms with Crippen molar-refractivity contribution in [2.75, 3.05) is 6.61 Å². The van der Waals surface area contributed by atoms with Gasteiger partial charge in [-0.15, -0.1) is 0 Å². The first kappa shape index (κ1) is 14.1. The summed E-state index contributed by atoms with van der Waals surface area (Å²) in [6.45, 7) is 2.55. The molecule has 0 saturated heterocycles. The van der Waals surface area contributed by atoms with Crippen LogP contribution in [0.5, 0.6) is 5.75 Å². The summed E-state index contributed by atoms with van der Waals surface area (Å²) < 4.78 is 12.2. The van der Waals surface area contributed by atoms with Crippen LogP contribution in [0, 0.1) is 6.92 Å². The van der Waals surface area contributed by atoms with Gasteiger partial charge >= 0.3 is 0 Å². The van der Waals surface area contributed by atoms with Crippen LogP contribution in [0.1, 0.15) is 5.82 Å². The molecule has 112 valence electrons. The minimum absolute atomic E-state index is 0.178. The van der Waals surface area contributed by atoms with Crippen molar-refractivity contribution in [3.05, 3.63) is 64.8 Å². The molecule has 0 radical (unpaired) electrons. The smallest absolute Gasteiger partial charge is 0.263 e. The van der Waals surface area contributed by atoms with E-state index in [2.05, 4.69) is 10.1 Å². The third-order valence-corrected chi connectivity index (χ3v) is 3.12. The summed E-state index contributed by atoms with van der Waals surface area (Å²) in [4.78, 5) is 16.5. The summed E-state index contributed by atoms with van der Waals surface area (Å²) in [5.74, 6) is 1.51. The highest BCUT2D eigenvalue weighted by Gasteiger charge is 2.12. The molecule has 0 amide bonds. The van der Waals surface area contributed by atoms with Gasteiger partial charge in [0.1, 0.15) is 17.9 Å². The summed E-state index contributed by atoms with van der Waals surface area (Å²) in [5, 5.41) is 3.71. The van der Waals surface area contributed by atoms with Gasteiger partial charge < -0.3 is 13.8 Å². The molecule has 0 spiro atoms. The Bertz CT molecular complexity index is 809. The summed E-state index contributed by atoms with van der Waals surface area (Å²) in [7, 11) is 0. The van der Waals surface area contributed by atoms with Gasteiger partial charge in [0.05, 0.1) is 6.54 Å². The van der Waals surface area contributed by atoms with E-state index in [0.29, 0.717) is 24.5 Å². The second kappa shape index (κ2) is 6.26. The molecule has 0 unspecified atom stereocenters. The molecule has 2 heterocycles. The number of ether oxygens (including phenoxy) is 1. The normalized spacial score (nSPS) is 10.6. The SMILES string of the molecule is Cc1noc(-c2cccn(CCOc3ccccc3)c2=O)n1. The number of hydrogen-bond donors (Lipinski definition) is 0. The van der Waals surface area contributed by atoms with Gasteiger partial charge in [0.15, 0.2) is 5.82 Å². The molecule has 0 aliphatic heterocycles. The van der Waals surface area contributed by atoms with Crippen molar-refractivity contribution < 1.29 is 9.26 Å². The van der Waals surface area contributed by atoms with Gasteiger partial charge in [-0.2, -0.15) is 4.98 Å². The molecule has 1 aromatic carbocycles. The molecule has 3 rings (SSSR count). The van der Waals surface area contributed by atoms with Crippen LogP contribution in [0.25, 0.3) is 11.5 Å². The van der Waals surface area contributed by atoms with Crippen molar-refractivity contribution in [2.24, 2.45) is 0 Å². The minimum Gasteiger partial charge on any atom is -0.492 e. The van der Waals surface area contributed by atoms with Crippen molar-refractivity contribution in [1.29, 1.82) is 0 Å². The van der Waals surface area contributed by atoms with E-state index in [1.54, 1.807) is 29.8 Å². The van der Waals surface area contributed by atoms with Crippen LogP contribution >= 0.6 is 0 Å². The Morgan fingerprint density at radius 1 is 1.18 bits per heavy atom. The number of aryl methyl sites for hydroxylation is 1. The van der Waals surface area contributed by atoms with Gasteiger partial charge in [-0.25, -0.2) is 0 Å². The Morgan fingerprint density at radius 3 is 2.73 bits per heavy atom. The maximum atomic E-state index is 12.4. The van der Waals surface area contributed by atoms with E-state index in [1.165, 1.54) is 0 Å². The van der Waals surface area contributed by atoms with Gasteiger partial charge in [-0.05, 0) is 31.2 Å². The number of nitrogens with zero attached hydrogens (tertiary/aromatic N) is 3. The fourth-order valence-electron chi connectivity index (χ4n) is 2.06. The van der Waals surface area contributed by atoms with E-state index < -0.39 is 0 Å². The molecular weight excluding hydrogens is 282 g/mol. The van der Waals surface area contributed by atoms with Crippen LogP contribution in [0.15, 0.2) is 58.0 Å². The zero-order valence-electron chi connectivity index (χ0n) is 12.1. The largest absolute Gasteiger partial charge is 0.492 e. The average molecular weight is 297 g/mol. The molecule has 6 heteroatoms. The Morgan fingerprint density at radius 2 is 2.00 bits per heavy atom. The summed E-state index contributed by atoms with van der Waals surface area (Å²) in [6.07, 6.45) is 1.71. The van der Waals surface area contributed by atoms with E-state index in [0.717, 1.165) is 5.75 Å². The van der Waals surface area contributed by atoms with Gasteiger partial charge in [-0.1, -0.05) is 23.4 Å². The maximum Gasteiger partial charge on any atom is 0.263 e. The fourth-order valence-corrected chi connectivity index (χ4v) is 2.06. The Labute approximate surface area is 127 Å². The van der Waals surface area contributed by atoms with Gasteiger partial charge in [-0.3, -0.25) is 4.79 Å². The quantitative estimate of drug-likeness (QED) is 0.722. The average Bonchev–Trinajstić information content (AvgIpc) is 2.96. The van der Waals surface area contributed by atoms with E-state index in [1.807, 2.05) is 30.3 Å². The van der Waals surface area contributed by atoms with Gasteiger partial charge in [0.2, 0.25) is 0 Å². The fraction of sp³-hybridized carbons (Fsp3) is 0.188.